The lowest BCUT2D eigenvalue weighted by Crippen LogP contribution is -2.08. The maximum Gasteiger partial charge on any atom is 0.341 e. The molecule has 29 heavy (non-hydrogen) atoms. The van der Waals surface area contributed by atoms with E-state index in [1.54, 1.807) is 6.21 Å². The fourth-order valence-electron chi connectivity index (χ4n) is 2.67. The first-order valence-electron chi connectivity index (χ1n) is 9.39. The zero-order valence-electron chi connectivity index (χ0n) is 17.3. The third-order valence-electron chi connectivity index (χ3n) is 4.10. The Morgan fingerprint density at radius 2 is 1.93 bits per heavy atom. The highest BCUT2D eigenvalue weighted by molar-refractivity contribution is 6.16. The van der Waals surface area contributed by atoms with Gasteiger partial charge < -0.3 is 19.0 Å². The standard InChI is InChI=1S/C23H27NO5/c1-5-12-29-24-14-18-10-11-22(17(2)13-18)28-15-19-8-6-7-9-20(19)21(16-26-3)23(25)27-4/h6-11,13-14,16H,5,12,15H2,1-4H3/b21-16-,24-14+. The number of oxime groups is 1. The molecule has 0 heterocycles. The average Bonchev–Trinajstić information content (AvgIpc) is 2.74. The minimum absolute atomic E-state index is 0.294. The minimum atomic E-state index is -0.468. The molecule has 6 heteroatoms. The number of hydrogen-bond acceptors (Lipinski definition) is 6. The summed E-state index contributed by atoms with van der Waals surface area (Å²) in [5.74, 6) is 0.284. The van der Waals surface area contributed by atoms with Gasteiger partial charge in [-0.05, 0) is 53.8 Å². The summed E-state index contributed by atoms with van der Waals surface area (Å²) in [6.45, 7) is 4.89. The van der Waals surface area contributed by atoms with Gasteiger partial charge in [-0.1, -0.05) is 36.3 Å². The molecule has 0 atom stereocenters. The molecule has 0 bridgehead atoms. The number of carbonyl (C=O) groups excluding carboxylic acids is 1. The van der Waals surface area contributed by atoms with Gasteiger partial charge in [-0.15, -0.1) is 0 Å². The summed E-state index contributed by atoms with van der Waals surface area (Å²) < 4.78 is 15.9. The Hall–Kier alpha value is -3.28. The first-order valence-corrected chi connectivity index (χ1v) is 9.39. The summed E-state index contributed by atoms with van der Waals surface area (Å²) >= 11 is 0. The van der Waals surface area contributed by atoms with Crippen molar-refractivity contribution in [3.05, 3.63) is 71.0 Å². The minimum Gasteiger partial charge on any atom is -0.503 e. The first-order chi connectivity index (χ1) is 14.1. The smallest absolute Gasteiger partial charge is 0.341 e. The topological polar surface area (TPSA) is 66.3 Å². The van der Waals surface area contributed by atoms with Crippen molar-refractivity contribution in [1.29, 1.82) is 0 Å². The van der Waals surface area contributed by atoms with E-state index in [0.717, 1.165) is 28.9 Å². The largest absolute Gasteiger partial charge is 0.503 e. The van der Waals surface area contributed by atoms with Crippen molar-refractivity contribution < 1.29 is 23.8 Å². The van der Waals surface area contributed by atoms with Crippen molar-refractivity contribution in [2.75, 3.05) is 20.8 Å². The van der Waals surface area contributed by atoms with Crippen LogP contribution in [0.2, 0.25) is 0 Å². The zero-order valence-corrected chi connectivity index (χ0v) is 17.3. The van der Waals surface area contributed by atoms with E-state index in [-0.39, 0.29) is 0 Å². The molecule has 2 aromatic rings. The van der Waals surface area contributed by atoms with E-state index in [4.69, 9.17) is 19.0 Å². The molecule has 6 nitrogen and oxygen atoms in total. The molecule has 0 aliphatic rings. The van der Waals surface area contributed by atoms with Crippen molar-refractivity contribution in [3.8, 4) is 5.75 Å². The average molecular weight is 397 g/mol. The van der Waals surface area contributed by atoms with Crippen LogP contribution < -0.4 is 4.74 Å². The number of methoxy groups -OCH3 is 2. The number of ether oxygens (including phenoxy) is 3. The van der Waals surface area contributed by atoms with Gasteiger partial charge in [-0.25, -0.2) is 4.79 Å². The van der Waals surface area contributed by atoms with Crippen molar-refractivity contribution >= 4 is 17.8 Å². The molecule has 0 unspecified atom stereocenters. The van der Waals surface area contributed by atoms with Crippen LogP contribution in [0.4, 0.5) is 0 Å². The molecule has 0 saturated heterocycles. The summed E-state index contributed by atoms with van der Waals surface area (Å²) in [6.07, 6.45) is 3.98. The number of esters is 1. The van der Waals surface area contributed by atoms with Gasteiger partial charge in [-0.2, -0.15) is 0 Å². The van der Waals surface area contributed by atoms with Gasteiger partial charge in [0, 0.05) is 0 Å². The van der Waals surface area contributed by atoms with Gasteiger partial charge >= 0.3 is 5.97 Å². The second-order valence-corrected chi connectivity index (χ2v) is 6.30. The van der Waals surface area contributed by atoms with Gasteiger partial charge in [0.15, 0.2) is 0 Å². The predicted molar refractivity (Wildman–Crippen MR) is 113 cm³/mol. The number of hydrogen-bond donors (Lipinski definition) is 0. The Kier molecular flexibility index (Phi) is 8.76. The highest BCUT2D eigenvalue weighted by atomic mass is 16.6. The van der Waals surface area contributed by atoms with Gasteiger partial charge in [0.05, 0.1) is 26.7 Å². The quantitative estimate of drug-likeness (QED) is 0.148. The Morgan fingerprint density at radius 3 is 2.62 bits per heavy atom. The Bertz CT molecular complexity index is 873. The van der Waals surface area contributed by atoms with Gasteiger partial charge in [0.1, 0.15) is 24.5 Å². The van der Waals surface area contributed by atoms with Crippen molar-refractivity contribution in [3.63, 3.8) is 0 Å². The Morgan fingerprint density at radius 1 is 1.14 bits per heavy atom. The predicted octanol–water partition coefficient (Wildman–Crippen LogP) is 4.49. The second-order valence-electron chi connectivity index (χ2n) is 6.30. The molecule has 0 aromatic heterocycles. The number of aryl methyl sites for hydroxylation is 1. The van der Waals surface area contributed by atoms with E-state index >= 15 is 0 Å². The van der Waals surface area contributed by atoms with Gasteiger partial charge in [-0.3, -0.25) is 0 Å². The molecule has 0 saturated carbocycles. The van der Waals surface area contributed by atoms with Crippen LogP contribution in [0.1, 0.15) is 35.6 Å². The highest BCUT2D eigenvalue weighted by Crippen LogP contribution is 2.24. The molecule has 0 spiro atoms. The van der Waals surface area contributed by atoms with E-state index < -0.39 is 5.97 Å². The van der Waals surface area contributed by atoms with Crippen LogP contribution in [0.5, 0.6) is 5.75 Å². The van der Waals surface area contributed by atoms with E-state index in [1.807, 2.05) is 56.3 Å². The van der Waals surface area contributed by atoms with Crippen molar-refractivity contribution in [2.45, 2.75) is 26.9 Å². The summed E-state index contributed by atoms with van der Waals surface area (Å²) in [4.78, 5) is 17.2. The number of nitrogens with zero attached hydrogens (tertiary/aromatic N) is 1. The molecule has 2 aromatic carbocycles. The number of carbonyl (C=O) groups is 1. The van der Waals surface area contributed by atoms with Crippen molar-refractivity contribution in [2.24, 2.45) is 5.16 Å². The molecular formula is C23H27NO5. The number of rotatable bonds is 10. The normalized spacial score (nSPS) is 11.4. The zero-order chi connectivity index (χ0) is 21.1. The van der Waals surface area contributed by atoms with Crippen LogP contribution >= 0.6 is 0 Å². The van der Waals surface area contributed by atoms with E-state index in [0.29, 0.717) is 24.4 Å². The third-order valence-corrected chi connectivity index (χ3v) is 4.10. The fourth-order valence-corrected chi connectivity index (χ4v) is 2.67. The summed E-state index contributed by atoms with van der Waals surface area (Å²) in [5, 5.41) is 3.94. The Labute approximate surface area is 171 Å². The number of benzene rings is 2. The summed E-state index contributed by atoms with van der Waals surface area (Å²) in [6, 6.07) is 13.3. The lowest BCUT2D eigenvalue weighted by Gasteiger charge is -2.14. The summed E-state index contributed by atoms with van der Waals surface area (Å²) in [5.41, 5.74) is 3.80. The lowest BCUT2D eigenvalue weighted by molar-refractivity contribution is -0.133. The monoisotopic (exact) mass is 397 g/mol. The van der Waals surface area contributed by atoms with E-state index in [2.05, 4.69) is 5.16 Å². The molecule has 0 N–H and O–H groups in total. The SMILES string of the molecule is CCCO/N=C/c1ccc(OCc2ccccc2/C(=C/OC)C(=O)OC)c(C)c1. The van der Waals surface area contributed by atoms with Crippen LogP contribution in [-0.4, -0.2) is 33.0 Å². The molecule has 0 amide bonds. The summed E-state index contributed by atoms with van der Waals surface area (Å²) in [7, 11) is 2.83. The fraction of sp³-hybridized carbons (Fsp3) is 0.304. The van der Waals surface area contributed by atoms with E-state index in [1.165, 1.54) is 20.5 Å². The van der Waals surface area contributed by atoms with Crippen LogP contribution in [0.3, 0.4) is 0 Å². The molecule has 0 aliphatic carbocycles. The Balaban J connectivity index is 2.15. The lowest BCUT2D eigenvalue weighted by atomic mass is 10.0. The highest BCUT2D eigenvalue weighted by Gasteiger charge is 2.17. The van der Waals surface area contributed by atoms with Crippen LogP contribution in [0.25, 0.3) is 5.57 Å². The maximum absolute atomic E-state index is 12.1. The maximum atomic E-state index is 12.1. The molecule has 2 rings (SSSR count). The second kappa shape index (κ2) is 11.5. The first kappa shape index (κ1) is 22.0. The van der Waals surface area contributed by atoms with Gasteiger partial charge in [0.2, 0.25) is 0 Å². The third kappa shape index (κ3) is 6.38. The van der Waals surface area contributed by atoms with Crippen molar-refractivity contribution in [1.82, 2.24) is 0 Å². The molecule has 154 valence electrons. The van der Waals surface area contributed by atoms with Crippen LogP contribution in [0, 0.1) is 6.92 Å². The molecule has 0 fully saturated rings. The van der Waals surface area contributed by atoms with Crippen LogP contribution in [0.15, 0.2) is 53.9 Å². The van der Waals surface area contributed by atoms with Gasteiger partial charge in [0.25, 0.3) is 0 Å². The molecular weight excluding hydrogens is 370 g/mol. The van der Waals surface area contributed by atoms with Crippen LogP contribution in [-0.2, 0) is 25.7 Å². The molecule has 0 aliphatic heterocycles. The van der Waals surface area contributed by atoms with E-state index in [9.17, 15) is 4.79 Å². The molecule has 0 radical (unpaired) electrons.